The fraction of sp³-hybridized carbons (Fsp3) is 1.00. The summed E-state index contributed by atoms with van der Waals surface area (Å²) < 4.78 is 20.7. The first-order valence-corrected chi connectivity index (χ1v) is 6.65. The van der Waals surface area contributed by atoms with E-state index in [-0.39, 0.29) is 23.4 Å². The first-order valence-electron chi connectivity index (χ1n) is 6.65. The van der Waals surface area contributed by atoms with Crippen LogP contribution in [0.5, 0.6) is 0 Å². The quantitative estimate of drug-likeness (QED) is 0.825. The van der Waals surface area contributed by atoms with Crippen molar-refractivity contribution in [2.45, 2.75) is 65.3 Å². The first-order chi connectivity index (χ1) is 7.60. The largest absolute Gasteiger partial charge is 0.369 e. The molecule has 2 N–H and O–H groups in total. The van der Waals surface area contributed by atoms with Gasteiger partial charge in [0.2, 0.25) is 0 Å². The number of hydrogen-bond acceptors (Lipinski definition) is 2. The van der Waals surface area contributed by atoms with Crippen LogP contribution >= 0.6 is 0 Å². The molecule has 0 aromatic carbocycles. The van der Waals surface area contributed by atoms with Gasteiger partial charge in [-0.1, -0.05) is 13.8 Å². The van der Waals surface area contributed by atoms with Crippen molar-refractivity contribution < 1.29 is 9.13 Å². The second-order valence-corrected chi connectivity index (χ2v) is 6.86. The molecular weight excluding hydrogens is 217 g/mol. The van der Waals surface area contributed by atoms with Crippen LogP contribution in [-0.4, -0.2) is 23.9 Å². The van der Waals surface area contributed by atoms with Gasteiger partial charge >= 0.3 is 0 Å². The number of halogens is 1. The van der Waals surface area contributed by atoms with Crippen molar-refractivity contribution in [1.29, 1.82) is 0 Å². The molecule has 1 fully saturated rings. The summed E-state index contributed by atoms with van der Waals surface area (Å²) in [5, 5.41) is 0. The Morgan fingerprint density at radius 2 is 1.82 bits per heavy atom. The van der Waals surface area contributed by atoms with Crippen molar-refractivity contribution in [3.8, 4) is 0 Å². The van der Waals surface area contributed by atoms with Crippen molar-refractivity contribution in [2.24, 2.45) is 23.5 Å². The van der Waals surface area contributed by atoms with Crippen LogP contribution < -0.4 is 5.73 Å². The van der Waals surface area contributed by atoms with E-state index in [4.69, 9.17) is 10.5 Å². The molecule has 0 aromatic rings. The Kier molecular flexibility index (Phi) is 4.25. The summed E-state index contributed by atoms with van der Waals surface area (Å²) >= 11 is 0. The van der Waals surface area contributed by atoms with Crippen LogP contribution in [0.25, 0.3) is 0 Å². The lowest BCUT2D eigenvalue weighted by molar-refractivity contribution is -0.0859. The van der Waals surface area contributed by atoms with Crippen LogP contribution in [0.3, 0.4) is 0 Å². The Balaban J connectivity index is 2.85. The van der Waals surface area contributed by atoms with E-state index >= 15 is 0 Å². The van der Waals surface area contributed by atoms with Crippen LogP contribution in [0.2, 0.25) is 0 Å². The molecule has 3 unspecified atom stereocenters. The van der Waals surface area contributed by atoms with Crippen LogP contribution in [-0.2, 0) is 4.74 Å². The van der Waals surface area contributed by atoms with E-state index in [1.54, 1.807) is 0 Å². The number of hydrogen-bond donors (Lipinski definition) is 1. The molecule has 0 bridgehead atoms. The second-order valence-electron chi connectivity index (χ2n) is 6.86. The second kappa shape index (κ2) is 4.85. The first kappa shape index (κ1) is 14.9. The summed E-state index contributed by atoms with van der Waals surface area (Å²) in [4.78, 5) is 0. The van der Waals surface area contributed by atoms with Gasteiger partial charge in [0.25, 0.3) is 0 Å². The van der Waals surface area contributed by atoms with Crippen LogP contribution in [0.4, 0.5) is 4.39 Å². The summed E-state index contributed by atoms with van der Waals surface area (Å²) in [6.45, 7) is 12.5. The third-order valence-corrected chi connectivity index (χ3v) is 4.07. The van der Waals surface area contributed by atoms with Crippen LogP contribution in [0.1, 0.15) is 48.0 Å². The molecule has 3 heteroatoms. The molecule has 1 saturated heterocycles. The van der Waals surface area contributed by atoms with Gasteiger partial charge in [0, 0.05) is 11.8 Å². The van der Waals surface area contributed by atoms with Gasteiger partial charge in [0.05, 0.1) is 11.2 Å². The number of nitrogens with two attached hydrogens (primary N) is 1. The lowest BCUT2D eigenvalue weighted by Gasteiger charge is -2.34. The van der Waals surface area contributed by atoms with Gasteiger partial charge in [-0.25, -0.2) is 4.39 Å². The Morgan fingerprint density at radius 3 is 2.12 bits per heavy atom. The Hall–Kier alpha value is -0.150. The third-order valence-electron chi connectivity index (χ3n) is 4.07. The van der Waals surface area contributed by atoms with E-state index in [1.165, 1.54) is 0 Å². The minimum absolute atomic E-state index is 0.0616. The van der Waals surface area contributed by atoms with Crippen molar-refractivity contribution in [3.63, 3.8) is 0 Å². The highest BCUT2D eigenvalue weighted by molar-refractivity contribution is 4.99. The van der Waals surface area contributed by atoms with E-state index in [0.29, 0.717) is 6.54 Å². The molecule has 3 atom stereocenters. The lowest BCUT2D eigenvalue weighted by atomic mass is 9.76. The molecular formula is C14H28FNO. The zero-order valence-corrected chi connectivity index (χ0v) is 12.1. The zero-order valence-electron chi connectivity index (χ0n) is 12.1. The Bertz CT molecular complexity index is 263. The zero-order chi connectivity index (χ0) is 13.4. The molecule has 17 heavy (non-hydrogen) atoms. The normalized spacial score (nSPS) is 30.5. The molecule has 2 nitrogen and oxygen atoms in total. The average Bonchev–Trinajstić information content (AvgIpc) is 2.34. The Labute approximate surface area is 105 Å². The summed E-state index contributed by atoms with van der Waals surface area (Å²) in [6.07, 6.45) is -0.110. The van der Waals surface area contributed by atoms with E-state index < -0.39 is 11.8 Å². The van der Waals surface area contributed by atoms with E-state index in [1.807, 2.05) is 41.5 Å². The highest BCUT2D eigenvalue weighted by Crippen LogP contribution is 2.46. The van der Waals surface area contributed by atoms with Gasteiger partial charge in [-0.05, 0) is 46.6 Å². The van der Waals surface area contributed by atoms with Crippen LogP contribution in [0.15, 0.2) is 0 Å². The standard InChI is InChI=1S/C14H28FNO/c1-9(2)10(8-16)12(15)11-7-13(3,4)17-14(11,5)6/h9-12H,7-8,16H2,1-6H3. The van der Waals surface area contributed by atoms with Gasteiger partial charge in [-0.3, -0.25) is 0 Å². The average molecular weight is 245 g/mol. The molecule has 1 heterocycles. The van der Waals surface area contributed by atoms with Gasteiger partial charge in [-0.2, -0.15) is 0 Å². The SMILES string of the molecule is CC(C)C(CN)C(F)C1CC(C)(C)OC1(C)C. The molecule has 0 aliphatic carbocycles. The van der Waals surface area contributed by atoms with E-state index in [0.717, 1.165) is 6.42 Å². The van der Waals surface area contributed by atoms with Gasteiger partial charge in [0.15, 0.2) is 0 Å². The molecule has 0 saturated carbocycles. The molecule has 0 spiro atoms. The van der Waals surface area contributed by atoms with Crippen molar-refractivity contribution in [3.05, 3.63) is 0 Å². The number of alkyl halides is 1. The maximum Gasteiger partial charge on any atom is 0.110 e. The Morgan fingerprint density at radius 1 is 1.29 bits per heavy atom. The molecule has 1 aliphatic heterocycles. The summed E-state index contributed by atoms with van der Waals surface area (Å²) in [7, 11) is 0. The molecule has 102 valence electrons. The molecule has 0 amide bonds. The van der Waals surface area contributed by atoms with Gasteiger partial charge in [-0.15, -0.1) is 0 Å². The summed E-state index contributed by atoms with van der Waals surface area (Å²) in [5.41, 5.74) is 5.09. The summed E-state index contributed by atoms with van der Waals surface area (Å²) in [5.74, 6) is 0.139. The maximum atomic E-state index is 14.7. The summed E-state index contributed by atoms with van der Waals surface area (Å²) in [6, 6.07) is 0. The molecule has 1 aliphatic rings. The maximum absolute atomic E-state index is 14.7. The minimum atomic E-state index is -0.878. The van der Waals surface area contributed by atoms with E-state index in [2.05, 4.69) is 0 Å². The highest BCUT2D eigenvalue weighted by Gasteiger charge is 2.51. The van der Waals surface area contributed by atoms with Gasteiger partial charge in [0.1, 0.15) is 6.17 Å². The minimum Gasteiger partial charge on any atom is -0.369 e. The third kappa shape index (κ3) is 3.19. The number of rotatable bonds is 4. The predicted octanol–water partition coefficient (Wildman–Crippen LogP) is 3.15. The van der Waals surface area contributed by atoms with Gasteiger partial charge < -0.3 is 10.5 Å². The fourth-order valence-corrected chi connectivity index (χ4v) is 3.17. The van der Waals surface area contributed by atoms with E-state index in [9.17, 15) is 4.39 Å². The van der Waals surface area contributed by atoms with Crippen molar-refractivity contribution in [2.75, 3.05) is 6.54 Å². The molecule has 0 radical (unpaired) electrons. The lowest BCUT2D eigenvalue weighted by Crippen LogP contribution is -2.41. The van der Waals surface area contributed by atoms with Crippen LogP contribution in [0, 0.1) is 17.8 Å². The fourth-order valence-electron chi connectivity index (χ4n) is 3.17. The number of ether oxygens (including phenoxy) is 1. The van der Waals surface area contributed by atoms with Crippen molar-refractivity contribution >= 4 is 0 Å². The predicted molar refractivity (Wildman–Crippen MR) is 69.6 cm³/mol. The molecule has 0 aromatic heterocycles. The topological polar surface area (TPSA) is 35.2 Å². The monoisotopic (exact) mass is 245 g/mol. The highest BCUT2D eigenvalue weighted by atomic mass is 19.1. The smallest absolute Gasteiger partial charge is 0.110 e. The van der Waals surface area contributed by atoms with Crippen molar-refractivity contribution in [1.82, 2.24) is 0 Å². The molecule has 1 rings (SSSR count).